The molecule has 124 valence electrons. The topological polar surface area (TPSA) is 42.8 Å². The summed E-state index contributed by atoms with van der Waals surface area (Å²) in [5.74, 6) is 0.303. The highest BCUT2D eigenvalue weighted by molar-refractivity contribution is 7.08. The number of furan rings is 1. The lowest BCUT2D eigenvalue weighted by molar-refractivity contribution is 0.575. The molecule has 7 heteroatoms. The van der Waals surface area contributed by atoms with Gasteiger partial charge in [-0.1, -0.05) is 12.1 Å². The first-order chi connectivity index (χ1) is 12.3. The van der Waals surface area contributed by atoms with Crippen LogP contribution < -0.4 is 4.80 Å². The summed E-state index contributed by atoms with van der Waals surface area (Å²) < 4.78 is 21.1. The number of halogens is 1. The van der Waals surface area contributed by atoms with Crippen LogP contribution in [0.1, 0.15) is 5.56 Å². The van der Waals surface area contributed by atoms with Gasteiger partial charge in [0.25, 0.3) is 0 Å². The predicted molar refractivity (Wildman–Crippen MR) is 98.9 cm³/mol. The Labute approximate surface area is 150 Å². The smallest absolute Gasteiger partial charge is 0.211 e. The molecule has 0 aliphatic rings. The van der Waals surface area contributed by atoms with Gasteiger partial charge in [-0.05, 0) is 41.1 Å². The fraction of sp³-hybridized carbons (Fsp3) is 0. The molecule has 3 aromatic heterocycles. The Hall–Kier alpha value is -2.77. The van der Waals surface area contributed by atoms with Crippen LogP contribution in [0.15, 0.2) is 79.4 Å². The number of aromatic nitrogens is 1. The molecule has 0 spiro atoms. The minimum Gasteiger partial charge on any atom is -0.463 e. The van der Waals surface area contributed by atoms with Crippen molar-refractivity contribution in [3.8, 4) is 11.5 Å². The van der Waals surface area contributed by atoms with E-state index in [0.717, 1.165) is 11.3 Å². The van der Waals surface area contributed by atoms with E-state index in [9.17, 15) is 4.39 Å². The molecule has 4 rings (SSSR count). The first-order valence-corrected chi connectivity index (χ1v) is 9.24. The quantitative estimate of drug-likeness (QED) is 0.460. The Morgan fingerprint density at radius 3 is 2.76 bits per heavy atom. The molecule has 0 radical (unpaired) electrons. The fourth-order valence-corrected chi connectivity index (χ4v) is 3.64. The SMILES string of the molecule is Fc1ccccc1N=c1scc(-c2ccco2)n1N=Cc1ccsc1. The highest BCUT2D eigenvalue weighted by Gasteiger charge is 2.10. The van der Waals surface area contributed by atoms with Crippen LogP contribution in [-0.4, -0.2) is 10.9 Å². The molecule has 0 atom stereocenters. The molecule has 4 aromatic rings. The maximum Gasteiger partial charge on any atom is 0.211 e. The van der Waals surface area contributed by atoms with Crippen LogP contribution in [0.3, 0.4) is 0 Å². The van der Waals surface area contributed by atoms with Crippen LogP contribution in [0.25, 0.3) is 11.5 Å². The lowest BCUT2D eigenvalue weighted by Crippen LogP contribution is -2.11. The number of thiophene rings is 1. The van der Waals surface area contributed by atoms with Crippen molar-refractivity contribution in [2.45, 2.75) is 0 Å². The Morgan fingerprint density at radius 1 is 1.08 bits per heavy atom. The summed E-state index contributed by atoms with van der Waals surface area (Å²) in [5, 5.41) is 10.4. The van der Waals surface area contributed by atoms with Gasteiger partial charge in [0.1, 0.15) is 17.2 Å². The van der Waals surface area contributed by atoms with Gasteiger partial charge < -0.3 is 4.42 Å². The van der Waals surface area contributed by atoms with Crippen LogP contribution in [0.5, 0.6) is 0 Å². The highest BCUT2D eigenvalue weighted by atomic mass is 32.1. The molecule has 0 N–H and O–H groups in total. The summed E-state index contributed by atoms with van der Waals surface area (Å²) in [4.78, 5) is 4.98. The third kappa shape index (κ3) is 3.38. The van der Waals surface area contributed by atoms with Crippen molar-refractivity contribution in [3.05, 3.63) is 81.0 Å². The van der Waals surface area contributed by atoms with Gasteiger partial charge in [-0.25, -0.2) is 14.1 Å². The number of hydrogen-bond acceptors (Lipinski definition) is 5. The van der Waals surface area contributed by atoms with E-state index in [0.29, 0.717) is 10.6 Å². The molecule has 0 fully saturated rings. The largest absolute Gasteiger partial charge is 0.463 e. The Kier molecular flexibility index (Phi) is 4.41. The van der Waals surface area contributed by atoms with Gasteiger partial charge in [0.2, 0.25) is 4.80 Å². The minimum atomic E-state index is -0.371. The number of thiazole rings is 1. The Bertz CT molecular complexity index is 1060. The second-order valence-corrected chi connectivity index (χ2v) is 6.67. The van der Waals surface area contributed by atoms with Gasteiger partial charge in [-0.2, -0.15) is 16.4 Å². The summed E-state index contributed by atoms with van der Waals surface area (Å²) in [5.41, 5.74) is 2.03. The second-order valence-electron chi connectivity index (χ2n) is 5.06. The first-order valence-electron chi connectivity index (χ1n) is 7.41. The summed E-state index contributed by atoms with van der Waals surface area (Å²) in [6.07, 6.45) is 3.35. The highest BCUT2D eigenvalue weighted by Crippen LogP contribution is 2.22. The summed E-state index contributed by atoms with van der Waals surface area (Å²) >= 11 is 2.97. The van der Waals surface area contributed by atoms with Gasteiger partial charge in [-0.15, -0.1) is 11.3 Å². The molecule has 1 aromatic carbocycles. The number of hydrogen-bond donors (Lipinski definition) is 0. The zero-order valence-corrected chi connectivity index (χ0v) is 14.5. The Morgan fingerprint density at radius 2 is 2.00 bits per heavy atom. The molecule has 0 aliphatic heterocycles. The van der Waals surface area contributed by atoms with Crippen LogP contribution >= 0.6 is 22.7 Å². The number of para-hydroxylation sites is 1. The standard InChI is InChI=1S/C18H12FN3OS2/c19-14-4-1-2-5-15(14)21-18-22(20-10-13-7-9-24-11-13)16(12-25-18)17-6-3-8-23-17/h1-12H. The van der Waals surface area contributed by atoms with E-state index in [1.165, 1.54) is 17.4 Å². The number of benzene rings is 1. The number of nitrogens with zero attached hydrogens (tertiary/aromatic N) is 3. The van der Waals surface area contributed by atoms with E-state index in [-0.39, 0.29) is 11.5 Å². The van der Waals surface area contributed by atoms with E-state index in [4.69, 9.17) is 4.42 Å². The maximum absolute atomic E-state index is 13.9. The van der Waals surface area contributed by atoms with Crippen molar-refractivity contribution in [2.24, 2.45) is 10.1 Å². The molecular weight excluding hydrogens is 357 g/mol. The van der Waals surface area contributed by atoms with E-state index < -0.39 is 0 Å². The second kappa shape index (κ2) is 7.00. The lowest BCUT2D eigenvalue weighted by Gasteiger charge is -2.00. The zero-order valence-electron chi connectivity index (χ0n) is 12.9. The van der Waals surface area contributed by atoms with Gasteiger partial charge in [0, 0.05) is 10.9 Å². The van der Waals surface area contributed by atoms with Crippen LogP contribution in [0, 0.1) is 5.82 Å². The predicted octanol–water partition coefficient (Wildman–Crippen LogP) is 5.12. The zero-order chi connectivity index (χ0) is 17.1. The van der Waals surface area contributed by atoms with Crippen molar-refractivity contribution in [1.29, 1.82) is 0 Å². The molecule has 0 amide bonds. The average Bonchev–Trinajstić information content (AvgIpc) is 3.37. The average molecular weight is 369 g/mol. The Balaban J connectivity index is 1.86. The van der Waals surface area contributed by atoms with E-state index in [2.05, 4.69) is 10.1 Å². The van der Waals surface area contributed by atoms with Gasteiger partial charge in [-0.3, -0.25) is 0 Å². The summed E-state index contributed by atoms with van der Waals surface area (Å²) in [6, 6.07) is 12.1. The molecule has 3 heterocycles. The third-order valence-electron chi connectivity index (χ3n) is 3.39. The lowest BCUT2D eigenvalue weighted by atomic mass is 10.3. The van der Waals surface area contributed by atoms with E-state index in [1.54, 1.807) is 46.7 Å². The fourth-order valence-electron chi connectivity index (χ4n) is 2.20. The van der Waals surface area contributed by atoms with Gasteiger partial charge >= 0.3 is 0 Å². The van der Waals surface area contributed by atoms with Gasteiger partial charge in [0.05, 0.1) is 12.5 Å². The van der Waals surface area contributed by atoms with E-state index in [1.807, 2.05) is 34.3 Å². The third-order valence-corrected chi connectivity index (χ3v) is 4.91. The van der Waals surface area contributed by atoms with Crippen LogP contribution in [-0.2, 0) is 0 Å². The van der Waals surface area contributed by atoms with Gasteiger partial charge in [0.15, 0.2) is 5.76 Å². The molecule has 0 saturated heterocycles. The van der Waals surface area contributed by atoms with Crippen molar-refractivity contribution in [1.82, 2.24) is 4.68 Å². The minimum absolute atomic E-state index is 0.273. The maximum atomic E-state index is 13.9. The molecule has 0 unspecified atom stereocenters. The van der Waals surface area contributed by atoms with Crippen LogP contribution in [0.2, 0.25) is 0 Å². The molecular formula is C18H12FN3OS2. The monoisotopic (exact) mass is 369 g/mol. The summed E-state index contributed by atoms with van der Waals surface area (Å²) in [7, 11) is 0. The molecule has 0 bridgehead atoms. The van der Waals surface area contributed by atoms with Crippen molar-refractivity contribution in [2.75, 3.05) is 0 Å². The van der Waals surface area contributed by atoms with E-state index >= 15 is 0 Å². The van der Waals surface area contributed by atoms with Crippen molar-refractivity contribution in [3.63, 3.8) is 0 Å². The first kappa shape index (κ1) is 15.7. The molecule has 25 heavy (non-hydrogen) atoms. The van der Waals surface area contributed by atoms with Crippen molar-refractivity contribution < 1.29 is 8.81 Å². The molecule has 4 nitrogen and oxygen atoms in total. The van der Waals surface area contributed by atoms with Crippen LogP contribution in [0.4, 0.5) is 10.1 Å². The summed E-state index contributed by atoms with van der Waals surface area (Å²) in [6.45, 7) is 0. The molecule has 0 saturated carbocycles. The van der Waals surface area contributed by atoms with Crippen molar-refractivity contribution >= 4 is 34.6 Å². The normalized spacial score (nSPS) is 12.3. The molecule has 0 aliphatic carbocycles. The number of rotatable bonds is 4.